The zero-order chi connectivity index (χ0) is 67.4. The minimum Gasteiger partial charge on any atom is -0.457 e. The van der Waals surface area contributed by atoms with Crippen molar-refractivity contribution in [2.75, 3.05) is 16.5 Å². The molecule has 0 N–H and O–H groups in total. The monoisotopic (exact) mass is 1200 g/mol. The van der Waals surface area contributed by atoms with E-state index in [0.717, 1.165) is 49.1 Å². The summed E-state index contributed by atoms with van der Waals surface area (Å²) in [6.45, 7) is 45.9. The van der Waals surface area contributed by atoms with Crippen LogP contribution in [0, 0.1) is 6.85 Å². The van der Waals surface area contributed by atoms with Gasteiger partial charge in [0.05, 0.1) is 29.5 Å². The van der Waals surface area contributed by atoms with Gasteiger partial charge in [0.2, 0.25) is 0 Å². The largest absolute Gasteiger partial charge is 0.457 e. The Hall–Kier alpha value is -7.67. The highest BCUT2D eigenvalue weighted by Crippen LogP contribution is 2.54. The molecular formula is C83H94N4OS. The van der Waals surface area contributed by atoms with E-state index in [1.165, 1.54) is 71.2 Å². The van der Waals surface area contributed by atoms with Gasteiger partial charge in [-0.05, 0) is 167 Å². The average Bonchev–Trinajstić information content (AvgIpc) is 1.60. The standard InChI is InChI=1S/C83H94N4OS/c1-50-48-84-73(47-67(50)83(20,21)22)87-70-34-33-63-62-27-23-26-30-72(62)89-76(63)74(70)64-32-31-60(46-71(64)87)88-61-42-57(81(14,15)16)41-59(45-61)85-49-86(69-29-25-24-28-68(69)85)75-65(51-35-53(77(2,3)4)39-54(36-51)78(5,6)7)43-58(82(17,18)19)44-66(75)52-37-55(79(8,9)10)40-56(38-52)80(11,12)13/h23-48H,49H2,1-22H3/i1D3,48D. The fraction of sp³-hybridized carbons (Fsp3) is 0.361. The third kappa shape index (κ3) is 11.5. The van der Waals surface area contributed by atoms with Gasteiger partial charge < -0.3 is 14.5 Å². The van der Waals surface area contributed by atoms with Gasteiger partial charge in [0.25, 0.3) is 0 Å². The Kier molecular flexibility index (Phi) is 13.5. The highest BCUT2D eigenvalue weighted by atomic mass is 32.1. The first kappa shape index (κ1) is 56.6. The number of benzene rings is 8. The second-order valence-corrected chi connectivity index (χ2v) is 33.6. The van der Waals surface area contributed by atoms with Crippen molar-refractivity contribution in [2.24, 2.45) is 0 Å². The number of hydrogen-bond donors (Lipinski definition) is 0. The molecule has 0 aliphatic carbocycles. The summed E-state index contributed by atoms with van der Waals surface area (Å²) in [7, 11) is 0. The van der Waals surface area contributed by atoms with Crippen molar-refractivity contribution in [3.63, 3.8) is 0 Å². The molecule has 0 radical (unpaired) electrons. The van der Waals surface area contributed by atoms with E-state index in [1.54, 1.807) is 11.3 Å². The Labute approximate surface area is 541 Å². The molecule has 1 aliphatic rings. The van der Waals surface area contributed by atoms with E-state index < -0.39 is 12.3 Å². The fourth-order valence-electron chi connectivity index (χ4n) is 12.8. The van der Waals surface area contributed by atoms with E-state index in [-0.39, 0.29) is 44.2 Å². The Morgan fingerprint density at radius 2 is 0.955 bits per heavy atom. The molecule has 0 spiro atoms. The summed E-state index contributed by atoms with van der Waals surface area (Å²) in [6.07, 6.45) is -0.250. The summed E-state index contributed by atoms with van der Waals surface area (Å²) in [5.41, 5.74) is 17.7. The molecule has 8 aromatic carbocycles. The van der Waals surface area contributed by atoms with Crippen molar-refractivity contribution >= 4 is 76.1 Å². The molecular weight excluding hydrogens is 1100 g/mol. The molecule has 458 valence electrons. The van der Waals surface area contributed by atoms with Gasteiger partial charge in [0.15, 0.2) is 0 Å². The van der Waals surface area contributed by atoms with Crippen LogP contribution in [0.4, 0.5) is 22.7 Å². The van der Waals surface area contributed by atoms with Crippen LogP contribution >= 0.6 is 11.3 Å². The van der Waals surface area contributed by atoms with Crippen LogP contribution in [0.2, 0.25) is 0 Å². The van der Waals surface area contributed by atoms with Gasteiger partial charge in [-0.2, -0.15) is 0 Å². The van der Waals surface area contributed by atoms with Crippen LogP contribution in [0.25, 0.3) is 70.0 Å². The van der Waals surface area contributed by atoms with Crippen molar-refractivity contribution in [2.45, 2.75) is 190 Å². The quantitative estimate of drug-likeness (QED) is 0.159. The van der Waals surface area contributed by atoms with E-state index in [0.29, 0.717) is 29.5 Å². The molecule has 0 amide bonds. The van der Waals surface area contributed by atoms with Crippen molar-refractivity contribution in [3.8, 4) is 39.6 Å². The van der Waals surface area contributed by atoms with Gasteiger partial charge in [-0.1, -0.05) is 218 Å². The summed E-state index contributed by atoms with van der Waals surface area (Å²) < 4.78 is 46.8. The maximum Gasteiger partial charge on any atom is 0.137 e. The molecule has 0 saturated carbocycles. The van der Waals surface area contributed by atoms with Crippen LogP contribution in [-0.4, -0.2) is 16.2 Å². The van der Waals surface area contributed by atoms with E-state index in [4.69, 9.17) is 13.8 Å². The third-order valence-corrected chi connectivity index (χ3v) is 19.6. The van der Waals surface area contributed by atoms with Crippen LogP contribution < -0.4 is 14.5 Å². The molecule has 0 atom stereocenters. The minimum atomic E-state index is -2.53. The Morgan fingerprint density at radius 1 is 0.449 bits per heavy atom. The van der Waals surface area contributed by atoms with Gasteiger partial charge in [-0.15, -0.1) is 11.3 Å². The maximum atomic E-state index is 9.30. The lowest BCUT2D eigenvalue weighted by atomic mass is 9.76. The fourth-order valence-corrected chi connectivity index (χ4v) is 14.0. The second-order valence-electron chi connectivity index (χ2n) is 32.5. The van der Waals surface area contributed by atoms with Crippen LogP contribution in [0.1, 0.15) is 195 Å². The van der Waals surface area contributed by atoms with E-state index >= 15 is 0 Å². The number of hydrogen-bond acceptors (Lipinski definition) is 5. The predicted molar refractivity (Wildman–Crippen MR) is 387 cm³/mol. The zero-order valence-corrected chi connectivity index (χ0v) is 57.6. The minimum absolute atomic E-state index is 0.0193. The molecule has 6 heteroatoms. The van der Waals surface area contributed by atoms with E-state index in [1.807, 2.05) is 26.8 Å². The van der Waals surface area contributed by atoms with Crippen LogP contribution in [0.5, 0.6) is 11.5 Å². The van der Waals surface area contributed by atoms with Crippen LogP contribution in [-0.2, 0) is 37.9 Å². The van der Waals surface area contributed by atoms with Crippen molar-refractivity contribution in [3.05, 3.63) is 202 Å². The first-order valence-corrected chi connectivity index (χ1v) is 32.8. The molecule has 11 aromatic rings. The van der Waals surface area contributed by atoms with Gasteiger partial charge in [-0.3, -0.25) is 4.57 Å². The second kappa shape index (κ2) is 21.2. The number of thiophene rings is 1. The number of ether oxygens (including phenoxy) is 1. The average molecular weight is 1200 g/mol. The summed E-state index contributed by atoms with van der Waals surface area (Å²) in [4.78, 5) is 9.93. The topological polar surface area (TPSA) is 33.5 Å². The van der Waals surface area contributed by atoms with Gasteiger partial charge in [0, 0.05) is 70.2 Å². The lowest BCUT2D eigenvalue weighted by molar-refractivity contribution is 0.479. The first-order valence-electron chi connectivity index (χ1n) is 33.9. The van der Waals surface area contributed by atoms with Gasteiger partial charge in [0.1, 0.15) is 24.0 Å². The van der Waals surface area contributed by atoms with Gasteiger partial charge >= 0.3 is 0 Å². The van der Waals surface area contributed by atoms with Crippen molar-refractivity contribution in [1.29, 1.82) is 0 Å². The zero-order valence-electron chi connectivity index (χ0n) is 60.7. The SMILES string of the molecule is [2H]c1nc(-n2c3cc(Oc4cc(N5CN(c6c(-c7cc(C(C)(C)C)cc(C(C)(C)C)c7)cc(C(C)(C)C)cc6-c6cc(C(C)(C)C)cc(C(C)(C)C)c6)c6ccccc65)cc(C(C)(C)C)c4)ccc3c3c4sc5ccccc5c4ccc32)cc(C(C)(C)C)c1C([2H])([2H])[2H]. The summed E-state index contributed by atoms with van der Waals surface area (Å²) in [5.74, 6) is 1.81. The molecule has 0 fully saturated rings. The number of para-hydroxylation sites is 2. The smallest absolute Gasteiger partial charge is 0.137 e. The van der Waals surface area contributed by atoms with E-state index in [9.17, 15) is 1.37 Å². The van der Waals surface area contributed by atoms with Gasteiger partial charge in [-0.25, -0.2) is 4.98 Å². The van der Waals surface area contributed by atoms with Crippen molar-refractivity contribution < 1.29 is 10.2 Å². The molecule has 4 heterocycles. The molecule has 0 unspecified atom stereocenters. The molecule has 1 aliphatic heterocycles. The molecule has 89 heavy (non-hydrogen) atoms. The molecule has 3 aromatic heterocycles. The third-order valence-electron chi connectivity index (χ3n) is 18.4. The Balaban J connectivity index is 1.07. The molecule has 5 nitrogen and oxygen atoms in total. The highest BCUT2D eigenvalue weighted by molar-refractivity contribution is 7.26. The summed E-state index contributed by atoms with van der Waals surface area (Å²) in [6, 6.07) is 56.5. The normalized spacial score (nSPS) is 14.7. The molecule has 0 saturated heterocycles. The summed E-state index contributed by atoms with van der Waals surface area (Å²) >= 11 is 1.77. The van der Waals surface area contributed by atoms with E-state index in [2.05, 4.69) is 285 Å². The Bertz CT molecular complexity index is 4640. The first-order chi connectivity index (χ1) is 43.0. The number of fused-ring (bicyclic) bond motifs is 8. The number of pyridine rings is 1. The molecule has 12 rings (SSSR count). The lowest BCUT2D eigenvalue weighted by Crippen LogP contribution is -2.26. The molecule has 0 bridgehead atoms. The van der Waals surface area contributed by atoms with Crippen LogP contribution in [0.3, 0.4) is 0 Å². The Morgan fingerprint density at radius 3 is 1.49 bits per heavy atom. The predicted octanol–water partition coefficient (Wildman–Crippen LogP) is 24.3. The van der Waals surface area contributed by atoms with Crippen molar-refractivity contribution in [1.82, 2.24) is 9.55 Å². The number of rotatable bonds is 7. The lowest BCUT2D eigenvalue weighted by Gasteiger charge is -2.33. The summed E-state index contributed by atoms with van der Waals surface area (Å²) in [5, 5.41) is 4.44. The maximum absolute atomic E-state index is 9.30. The number of anilines is 4. The number of aromatic nitrogens is 2. The number of nitrogens with zero attached hydrogens (tertiary/aromatic N) is 4. The van der Waals surface area contributed by atoms with Crippen LogP contribution in [0.15, 0.2) is 158 Å². The highest BCUT2D eigenvalue weighted by Gasteiger charge is 2.36.